The molecule has 1 aliphatic rings. The minimum atomic E-state index is -0.296. The lowest BCUT2D eigenvalue weighted by Gasteiger charge is -2.35. The van der Waals surface area contributed by atoms with Crippen LogP contribution in [0.3, 0.4) is 0 Å². The van der Waals surface area contributed by atoms with E-state index >= 15 is 0 Å². The molecule has 0 atom stereocenters. The van der Waals surface area contributed by atoms with E-state index in [0.717, 1.165) is 15.7 Å². The quantitative estimate of drug-likeness (QED) is 0.799. The number of anilines is 1. The molecule has 21 heavy (non-hydrogen) atoms. The average molecular weight is 349 g/mol. The fraction of sp³-hybridized carbons (Fsp3) is 0.188. The van der Waals surface area contributed by atoms with Crippen LogP contribution in [0.4, 0.5) is 14.9 Å². The molecule has 0 unspecified atom stereocenters. The molecule has 0 N–H and O–H groups in total. The minimum Gasteiger partial charge on any atom is -0.323 e. The summed E-state index contributed by atoms with van der Waals surface area (Å²) >= 11 is 3.52. The van der Waals surface area contributed by atoms with E-state index in [4.69, 9.17) is 0 Å². The summed E-state index contributed by atoms with van der Waals surface area (Å²) in [6.45, 7) is 0.767. The van der Waals surface area contributed by atoms with Gasteiger partial charge in [-0.3, -0.25) is 4.90 Å². The van der Waals surface area contributed by atoms with Crippen LogP contribution in [0.25, 0.3) is 0 Å². The lowest BCUT2D eigenvalue weighted by molar-refractivity contribution is 0.210. The number of benzene rings is 2. The monoisotopic (exact) mass is 348 g/mol. The predicted molar refractivity (Wildman–Crippen MR) is 83.6 cm³/mol. The molecule has 3 rings (SSSR count). The Kier molecular flexibility index (Phi) is 3.68. The van der Waals surface area contributed by atoms with Crippen LogP contribution < -0.4 is 4.90 Å². The molecular weight excluding hydrogens is 335 g/mol. The summed E-state index contributed by atoms with van der Waals surface area (Å²) in [5.74, 6) is -0.296. The number of fused-ring (bicyclic) bond motifs is 1. The number of hydrogen-bond acceptors (Lipinski definition) is 1. The molecule has 0 aromatic heterocycles. The fourth-order valence-electron chi connectivity index (χ4n) is 2.52. The highest BCUT2D eigenvalue weighted by molar-refractivity contribution is 9.10. The largest absolute Gasteiger partial charge is 0.324 e. The highest BCUT2D eigenvalue weighted by Crippen LogP contribution is 2.34. The molecule has 108 valence electrons. The van der Waals surface area contributed by atoms with E-state index in [-0.39, 0.29) is 18.4 Å². The van der Waals surface area contributed by atoms with E-state index in [1.807, 2.05) is 18.2 Å². The Morgan fingerprint density at radius 1 is 1.19 bits per heavy atom. The second kappa shape index (κ2) is 5.48. The van der Waals surface area contributed by atoms with Gasteiger partial charge in [-0.15, -0.1) is 0 Å². The summed E-state index contributed by atoms with van der Waals surface area (Å²) in [5, 5.41) is 0. The van der Waals surface area contributed by atoms with Gasteiger partial charge in [0.05, 0.1) is 18.8 Å². The van der Waals surface area contributed by atoms with Crippen molar-refractivity contribution in [2.45, 2.75) is 13.1 Å². The first kappa shape index (κ1) is 14.1. The highest BCUT2D eigenvalue weighted by Gasteiger charge is 2.29. The van der Waals surface area contributed by atoms with Crippen LogP contribution in [0, 0.1) is 5.82 Å². The summed E-state index contributed by atoms with van der Waals surface area (Å²) < 4.78 is 14.8. The average Bonchev–Trinajstić information content (AvgIpc) is 2.47. The number of halogens is 2. The molecule has 0 radical (unpaired) electrons. The van der Waals surface area contributed by atoms with E-state index in [0.29, 0.717) is 12.1 Å². The second-order valence-corrected chi connectivity index (χ2v) is 5.91. The maximum absolute atomic E-state index is 13.9. The van der Waals surface area contributed by atoms with Gasteiger partial charge in [0.15, 0.2) is 0 Å². The second-order valence-electron chi connectivity index (χ2n) is 5.05. The first-order valence-electron chi connectivity index (χ1n) is 6.61. The van der Waals surface area contributed by atoms with Gasteiger partial charge in [0, 0.05) is 22.6 Å². The Morgan fingerprint density at radius 3 is 2.71 bits per heavy atom. The van der Waals surface area contributed by atoms with Gasteiger partial charge < -0.3 is 4.90 Å². The molecule has 3 nitrogen and oxygen atoms in total. The van der Waals surface area contributed by atoms with Crippen LogP contribution in [0.1, 0.15) is 11.1 Å². The molecule has 2 aromatic rings. The number of carbonyl (C=O) groups is 1. The van der Waals surface area contributed by atoms with Crippen molar-refractivity contribution < 1.29 is 9.18 Å². The van der Waals surface area contributed by atoms with Crippen LogP contribution in [0.2, 0.25) is 0 Å². The number of nitrogens with zero attached hydrogens (tertiary/aromatic N) is 2. The number of urea groups is 1. The maximum Gasteiger partial charge on any atom is 0.324 e. The Bertz CT molecular complexity index is 704. The minimum absolute atomic E-state index is 0.121. The molecule has 1 heterocycles. The van der Waals surface area contributed by atoms with Gasteiger partial charge >= 0.3 is 6.03 Å². The Morgan fingerprint density at radius 2 is 1.95 bits per heavy atom. The zero-order valence-electron chi connectivity index (χ0n) is 11.5. The van der Waals surface area contributed by atoms with E-state index < -0.39 is 0 Å². The van der Waals surface area contributed by atoms with Gasteiger partial charge in [-0.2, -0.15) is 0 Å². The van der Waals surface area contributed by atoms with Crippen molar-refractivity contribution in [3.05, 3.63) is 63.9 Å². The summed E-state index contributed by atoms with van der Waals surface area (Å²) in [6, 6.07) is 12.1. The molecule has 2 amide bonds. The van der Waals surface area contributed by atoms with E-state index in [2.05, 4.69) is 15.9 Å². The Balaban J connectivity index is 2.04. The van der Waals surface area contributed by atoms with Crippen molar-refractivity contribution in [2.75, 3.05) is 11.9 Å². The third kappa shape index (κ3) is 2.53. The lowest BCUT2D eigenvalue weighted by Crippen LogP contribution is -2.45. The standard InChI is InChI=1S/C16H14BrFN2O/c1-19-10-12-13(17)6-4-8-15(12)20(16(19)21)9-11-5-2-3-7-14(11)18/h2-8H,9-10H2,1H3. The summed E-state index contributed by atoms with van der Waals surface area (Å²) in [4.78, 5) is 15.7. The molecule has 0 fully saturated rings. The van der Waals surface area contributed by atoms with Crippen LogP contribution in [-0.2, 0) is 13.1 Å². The predicted octanol–water partition coefficient (Wildman–Crippen LogP) is 4.16. The Hall–Kier alpha value is -1.88. The van der Waals surface area contributed by atoms with E-state index in [9.17, 15) is 9.18 Å². The third-order valence-corrected chi connectivity index (χ3v) is 4.37. The van der Waals surface area contributed by atoms with Crippen molar-refractivity contribution in [2.24, 2.45) is 0 Å². The molecule has 0 spiro atoms. The first-order chi connectivity index (χ1) is 10.1. The summed E-state index contributed by atoms with van der Waals surface area (Å²) in [5.41, 5.74) is 2.37. The SMILES string of the molecule is CN1Cc2c(Br)cccc2N(Cc2ccccc2F)C1=O. The van der Waals surface area contributed by atoms with Crippen LogP contribution in [-0.4, -0.2) is 18.0 Å². The van der Waals surface area contributed by atoms with Gasteiger partial charge in [0.25, 0.3) is 0 Å². The van der Waals surface area contributed by atoms with Crippen molar-refractivity contribution in [3.63, 3.8) is 0 Å². The number of rotatable bonds is 2. The zero-order chi connectivity index (χ0) is 15.0. The number of hydrogen-bond donors (Lipinski definition) is 0. The third-order valence-electron chi connectivity index (χ3n) is 3.62. The van der Waals surface area contributed by atoms with Crippen molar-refractivity contribution >= 4 is 27.6 Å². The lowest BCUT2D eigenvalue weighted by atomic mass is 10.1. The van der Waals surface area contributed by atoms with Gasteiger partial charge in [-0.1, -0.05) is 40.2 Å². The topological polar surface area (TPSA) is 23.6 Å². The number of amides is 2. The van der Waals surface area contributed by atoms with Crippen LogP contribution >= 0.6 is 15.9 Å². The Labute approximate surface area is 131 Å². The smallest absolute Gasteiger partial charge is 0.323 e. The summed E-state index contributed by atoms with van der Waals surface area (Å²) in [6.07, 6.45) is 0. The summed E-state index contributed by atoms with van der Waals surface area (Å²) in [7, 11) is 1.75. The van der Waals surface area contributed by atoms with Crippen LogP contribution in [0.5, 0.6) is 0 Å². The van der Waals surface area contributed by atoms with Gasteiger partial charge in [0.2, 0.25) is 0 Å². The molecule has 0 bridgehead atoms. The molecule has 5 heteroatoms. The van der Waals surface area contributed by atoms with Crippen molar-refractivity contribution in [1.82, 2.24) is 4.90 Å². The normalized spacial score (nSPS) is 14.3. The van der Waals surface area contributed by atoms with Crippen molar-refractivity contribution in [1.29, 1.82) is 0 Å². The van der Waals surface area contributed by atoms with Gasteiger partial charge in [-0.25, -0.2) is 9.18 Å². The molecular formula is C16H14BrFN2O. The number of carbonyl (C=O) groups excluding carboxylic acids is 1. The van der Waals surface area contributed by atoms with Crippen LogP contribution in [0.15, 0.2) is 46.9 Å². The molecule has 0 aliphatic carbocycles. The maximum atomic E-state index is 13.9. The highest BCUT2D eigenvalue weighted by atomic mass is 79.9. The first-order valence-corrected chi connectivity index (χ1v) is 7.40. The van der Waals surface area contributed by atoms with Gasteiger partial charge in [0.1, 0.15) is 5.82 Å². The van der Waals surface area contributed by atoms with E-state index in [1.165, 1.54) is 6.07 Å². The molecule has 1 aliphatic heterocycles. The fourth-order valence-corrected chi connectivity index (χ4v) is 3.00. The molecule has 2 aromatic carbocycles. The van der Waals surface area contributed by atoms with Crippen molar-refractivity contribution in [3.8, 4) is 0 Å². The molecule has 0 saturated carbocycles. The zero-order valence-corrected chi connectivity index (χ0v) is 13.1. The van der Waals surface area contributed by atoms with Gasteiger partial charge in [-0.05, 0) is 18.2 Å². The molecule has 0 saturated heterocycles. The van der Waals surface area contributed by atoms with E-state index in [1.54, 1.807) is 35.0 Å².